The van der Waals surface area contributed by atoms with Gasteiger partial charge in [0.1, 0.15) is 0 Å². The van der Waals surface area contributed by atoms with Gasteiger partial charge < -0.3 is 10.1 Å². The van der Waals surface area contributed by atoms with E-state index >= 15 is 0 Å². The molecule has 2 saturated heterocycles. The molecule has 0 saturated carbocycles. The van der Waals surface area contributed by atoms with Crippen molar-refractivity contribution in [2.45, 2.75) is 25.4 Å². The van der Waals surface area contributed by atoms with E-state index < -0.39 is 6.03 Å². The molecule has 0 radical (unpaired) electrons. The lowest BCUT2D eigenvalue weighted by Gasteiger charge is -2.28. The Hall–Kier alpha value is -2.41. The molecule has 0 aliphatic carbocycles. The summed E-state index contributed by atoms with van der Waals surface area (Å²) in [6.07, 6.45) is 2.23. The van der Waals surface area contributed by atoms with Gasteiger partial charge in [-0.25, -0.2) is 4.79 Å². The van der Waals surface area contributed by atoms with Gasteiger partial charge in [-0.2, -0.15) is 0 Å². The van der Waals surface area contributed by atoms with Crippen molar-refractivity contribution < 1.29 is 19.1 Å². The van der Waals surface area contributed by atoms with Crippen LogP contribution in [0.1, 0.15) is 29.6 Å². The molecule has 23 heavy (non-hydrogen) atoms. The van der Waals surface area contributed by atoms with Gasteiger partial charge in [0, 0.05) is 26.1 Å². The minimum atomic E-state index is -0.499. The predicted molar refractivity (Wildman–Crippen MR) is 83.3 cm³/mol. The number of ether oxygens (including phenoxy) is 1. The number of para-hydroxylation sites is 1. The van der Waals surface area contributed by atoms with Gasteiger partial charge in [0.2, 0.25) is 5.91 Å². The zero-order valence-electron chi connectivity index (χ0n) is 12.7. The fraction of sp³-hybridized carbons (Fsp3) is 0.438. The standard InChI is InChI=1S/C16H19N3O4/c20-14-7-8-19(16(22)18-14)13-6-2-1-5-12(13)15(21)17-10-11-4-3-9-23-11/h1-2,5-6,11H,3-4,7-10H2,(H,17,21)(H,18,20,22)/t11-/m0/s1. The molecule has 1 atom stereocenters. The molecular weight excluding hydrogens is 298 g/mol. The maximum atomic E-state index is 12.4. The van der Waals surface area contributed by atoms with E-state index in [-0.39, 0.29) is 30.9 Å². The lowest BCUT2D eigenvalue weighted by molar-refractivity contribution is -0.120. The van der Waals surface area contributed by atoms with Crippen molar-refractivity contribution in [2.24, 2.45) is 0 Å². The van der Waals surface area contributed by atoms with Gasteiger partial charge in [-0.3, -0.25) is 19.8 Å². The van der Waals surface area contributed by atoms with Crippen molar-refractivity contribution in [3.8, 4) is 0 Å². The smallest absolute Gasteiger partial charge is 0.328 e. The number of anilines is 1. The molecule has 0 unspecified atom stereocenters. The third-order valence-corrected chi connectivity index (χ3v) is 4.01. The molecule has 2 heterocycles. The summed E-state index contributed by atoms with van der Waals surface area (Å²) in [7, 11) is 0. The molecule has 4 amide bonds. The average molecular weight is 317 g/mol. The van der Waals surface area contributed by atoms with E-state index in [1.165, 1.54) is 4.90 Å². The fourth-order valence-corrected chi connectivity index (χ4v) is 2.80. The van der Waals surface area contributed by atoms with Crippen LogP contribution in [0.5, 0.6) is 0 Å². The number of carbonyl (C=O) groups is 3. The number of hydrogen-bond acceptors (Lipinski definition) is 4. The minimum Gasteiger partial charge on any atom is -0.376 e. The summed E-state index contributed by atoms with van der Waals surface area (Å²) >= 11 is 0. The largest absolute Gasteiger partial charge is 0.376 e. The Morgan fingerprint density at radius 3 is 2.91 bits per heavy atom. The van der Waals surface area contributed by atoms with E-state index in [0.29, 0.717) is 17.8 Å². The number of carbonyl (C=O) groups excluding carboxylic acids is 3. The van der Waals surface area contributed by atoms with Crippen LogP contribution in [-0.4, -0.2) is 43.6 Å². The number of benzene rings is 1. The highest BCUT2D eigenvalue weighted by atomic mass is 16.5. The molecule has 3 rings (SSSR count). The van der Waals surface area contributed by atoms with Crippen molar-refractivity contribution >= 4 is 23.5 Å². The van der Waals surface area contributed by atoms with Crippen LogP contribution in [0.15, 0.2) is 24.3 Å². The van der Waals surface area contributed by atoms with Crippen molar-refractivity contribution in [1.82, 2.24) is 10.6 Å². The second-order valence-corrected chi connectivity index (χ2v) is 5.62. The monoisotopic (exact) mass is 317 g/mol. The second-order valence-electron chi connectivity index (χ2n) is 5.62. The summed E-state index contributed by atoms with van der Waals surface area (Å²) in [5.74, 6) is -0.549. The van der Waals surface area contributed by atoms with E-state index in [1.807, 2.05) is 0 Å². The number of hydrogen-bond donors (Lipinski definition) is 2. The minimum absolute atomic E-state index is 0.0574. The quantitative estimate of drug-likeness (QED) is 0.868. The number of nitrogens with zero attached hydrogens (tertiary/aromatic N) is 1. The summed E-state index contributed by atoms with van der Waals surface area (Å²) in [5.41, 5.74) is 0.914. The first kappa shape index (κ1) is 15.5. The van der Waals surface area contributed by atoms with Crippen LogP contribution in [0.25, 0.3) is 0 Å². The Morgan fingerprint density at radius 2 is 2.17 bits per heavy atom. The van der Waals surface area contributed by atoms with Crippen LogP contribution in [0.4, 0.5) is 10.5 Å². The average Bonchev–Trinajstić information content (AvgIpc) is 3.06. The van der Waals surface area contributed by atoms with E-state index in [1.54, 1.807) is 24.3 Å². The van der Waals surface area contributed by atoms with Crippen LogP contribution in [0.3, 0.4) is 0 Å². The van der Waals surface area contributed by atoms with Gasteiger partial charge in [-0.15, -0.1) is 0 Å². The number of nitrogens with one attached hydrogen (secondary N) is 2. The predicted octanol–water partition coefficient (Wildman–Crippen LogP) is 1.04. The lowest BCUT2D eigenvalue weighted by Crippen LogP contribution is -2.50. The first-order valence-corrected chi connectivity index (χ1v) is 7.75. The number of urea groups is 1. The van der Waals surface area contributed by atoms with E-state index in [4.69, 9.17) is 4.74 Å². The Bertz CT molecular complexity index is 626. The van der Waals surface area contributed by atoms with Gasteiger partial charge in [0.15, 0.2) is 0 Å². The SMILES string of the molecule is O=C1CCN(c2ccccc2C(=O)NC[C@@H]2CCCO2)C(=O)N1. The molecule has 0 spiro atoms. The van der Waals surface area contributed by atoms with Crippen LogP contribution >= 0.6 is 0 Å². The maximum absolute atomic E-state index is 12.4. The van der Waals surface area contributed by atoms with Gasteiger partial charge in [-0.05, 0) is 25.0 Å². The molecule has 7 nitrogen and oxygen atoms in total. The third kappa shape index (κ3) is 3.50. The Kier molecular flexibility index (Phi) is 4.57. The summed E-state index contributed by atoms with van der Waals surface area (Å²) < 4.78 is 5.49. The Balaban J connectivity index is 1.73. The van der Waals surface area contributed by atoms with Gasteiger partial charge in [0.25, 0.3) is 5.91 Å². The highest BCUT2D eigenvalue weighted by molar-refractivity contribution is 6.09. The van der Waals surface area contributed by atoms with Crippen molar-refractivity contribution in [2.75, 3.05) is 24.6 Å². The molecule has 0 bridgehead atoms. The second kappa shape index (κ2) is 6.78. The molecular formula is C16H19N3O4. The normalized spacial score (nSPS) is 21.2. The number of amides is 4. The molecule has 1 aromatic carbocycles. The van der Waals surface area contributed by atoms with E-state index in [9.17, 15) is 14.4 Å². The maximum Gasteiger partial charge on any atom is 0.328 e. The fourth-order valence-electron chi connectivity index (χ4n) is 2.80. The van der Waals surface area contributed by atoms with Crippen molar-refractivity contribution in [1.29, 1.82) is 0 Å². The molecule has 1 aromatic rings. The summed E-state index contributed by atoms with van der Waals surface area (Å²) in [4.78, 5) is 37.1. The summed E-state index contributed by atoms with van der Waals surface area (Å²) in [6, 6.07) is 6.38. The third-order valence-electron chi connectivity index (χ3n) is 4.01. The lowest BCUT2D eigenvalue weighted by atomic mass is 10.1. The first-order chi connectivity index (χ1) is 11.1. The zero-order chi connectivity index (χ0) is 16.2. The molecule has 2 fully saturated rings. The van der Waals surface area contributed by atoms with Gasteiger partial charge >= 0.3 is 6.03 Å². The number of rotatable bonds is 4. The molecule has 2 aliphatic rings. The van der Waals surface area contributed by atoms with E-state index in [2.05, 4.69) is 10.6 Å². The molecule has 122 valence electrons. The zero-order valence-corrected chi connectivity index (χ0v) is 12.7. The van der Waals surface area contributed by atoms with E-state index in [0.717, 1.165) is 19.4 Å². The number of imide groups is 1. The molecule has 2 N–H and O–H groups in total. The topological polar surface area (TPSA) is 87.7 Å². The van der Waals surface area contributed by atoms with Crippen molar-refractivity contribution in [3.63, 3.8) is 0 Å². The highest BCUT2D eigenvalue weighted by Crippen LogP contribution is 2.22. The van der Waals surface area contributed by atoms with Crippen LogP contribution in [-0.2, 0) is 9.53 Å². The van der Waals surface area contributed by atoms with Crippen LogP contribution < -0.4 is 15.5 Å². The summed E-state index contributed by atoms with van der Waals surface area (Å²) in [5, 5.41) is 5.12. The Labute approximate surface area is 134 Å². The van der Waals surface area contributed by atoms with Crippen LogP contribution in [0.2, 0.25) is 0 Å². The highest BCUT2D eigenvalue weighted by Gasteiger charge is 2.27. The first-order valence-electron chi connectivity index (χ1n) is 7.75. The van der Waals surface area contributed by atoms with Crippen LogP contribution in [0, 0.1) is 0 Å². The molecule has 7 heteroatoms. The molecule has 0 aromatic heterocycles. The molecule has 2 aliphatic heterocycles. The Morgan fingerprint density at radius 1 is 1.35 bits per heavy atom. The summed E-state index contributed by atoms with van der Waals surface area (Å²) in [6.45, 7) is 1.46. The van der Waals surface area contributed by atoms with Gasteiger partial charge in [0.05, 0.1) is 17.4 Å². The van der Waals surface area contributed by atoms with Crippen molar-refractivity contribution in [3.05, 3.63) is 29.8 Å². The van der Waals surface area contributed by atoms with Gasteiger partial charge in [-0.1, -0.05) is 12.1 Å².